The quantitative estimate of drug-likeness (QED) is 0.396. The summed E-state index contributed by atoms with van der Waals surface area (Å²) in [5.41, 5.74) is 0. The van der Waals surface area contributed by atoms with Crippen LogP contribution in [-0.4, -0.2) is 64.6 Å². The summed E-state index contributed by atoms with van der Waals surface area (Å²) in [7, 11) is 0. The number of carbonyl (C=O) groups is 2. The molecule has 0 radical (unpaired) electrons. The lowest BCUT2D eigenvalue weighted by atomic mass is 9.97. The average molecular weight is 360 g/mol. The summed E-state index contributed by atoms with van der Waals surface area (Å²) in [6.45, 7) is 7.16. The standard InChI is InChI=1S/C17H28O8/c1-4-7-10(8-5-2)15(21)25-17-13(20)11(18)12(19)14(24-17)16(22)23-9-6-3/h6,10-14,17-20H,3-5,7-9H2,1-2H3/t11?,12-,13-,14?,17-/m1/s1. The zero-order chi connectivity index (χ0) is 19.0. The Morgan fingerprint density at radius 3 is 2.24 bits per heavy atom. The molecule has 0 saturated carbocycles. The van der Waals surface area contributed by atoms with Gasteiger partial charge in [-0.25, -0.2) is 4.79 Å². The van der Waals surface area contributed by atoms with Gasteiger partial charge in [-0.05, 0) is 12.8 Å². The highest BCUT2D eigenvalue weighted by Crippen LogP contribution is 2.25. The highest BCUT2D eigenvalue weighted by atomic mass is 16.7. The first-order chi connectivity index (χ1) is 11.9. The van der Waals surface area contributed by atoms with E-state index in [0.29, 0.717) is 12.8 Å². The molecule has 0 bridgehead atoms. The van der Waals surface area contributed by atoms with Crippen LogP contribution in [0.4, 0.5) is 0 Å². The number of hydrogen-bond donors (Lipinski definition) is 3. The van der Waals surface area contributed by atoms with E-state index < -0.39 is 42.6 Å². The van der Waals surface area contributed by atoms with Gasteiger partial charge in [0.1, 0.15) is 24.9 Å². The normalized spacial score (nSPS) is 29.3. The van der Waals surface area contributed by atoms with Crippen molar-refractivity contribution in [2.75, 3.05) is 6.61 Å². The molecule has 0 aromatic carbocycles. The van der Waals surface area contributed by atoms with Crippen molar-refractivity contribution in [1.82, 2.24) is 0 Å². The minimum atomic E-state index is -1.72. The van der Waals surface area contributed by atoms with Crippen molar-refractivity contribution >= 4 is 11.9 Å². The van der Waals surface area contributed by atoms with Gasteiger partial charge in [0, 0.05) is 0 Å². The van der Waals surface area contributed by atoms with Gasteiger partial charge in [0.2, 0.25) is 6.29 Å². The number of hydrogen-bond acceptors (Lipinski definition) is 8. The molecule has 0 aliphatic carbocycles. The van der Waals surface area contributed by atoms with Crippen LogP contribution in [0.5, 0.6) is 0 Å². The number of aliphatic hydroxyl groups excluding tert-OH is 3. The summed E-state index contributed by atoms with van der Waals surface area (Å²) in [5, 5.41) is 29.8. The van der Waals surface area contributed by atoms with E-state index in [0.717, 1.165) is 12.8 Å². The van der Waals surface area contributed by atoms with Crippen LogP contribution in [0.15, 0.2) is 12.7 Å². The molecule has 2 unspecified atom stereocenters. The zero-order valence-corrected chi connectivity index (χ0v) is 14.7. The van der Waals surface area contributed by atoms with Crippen LogP contribution in [0.2, 0.25) is 0 Å². The van der Waals surface area contributed by atoms with Crippen LogP contribution in [0.3, 0.4) is 0 Å². The fourth-order valence-corrected chi connectivity index (χ4v) is 2.65. The van der Waals surface area contributed by atoms with E-state index in [1.54, 1.807) is 0 Å². The zero-order valence-electron chi connectivity index (χ0n) is 14.7. The van der Waals surface area contributed by atoms with Crippen molar-refractivity contribution in [3.8, 4) is 0 Å². The maximum atomic E-state index is 12.3. The van der Waals surface area contributed by atoms with Crippen LogP contribution < -0.4 is 0 Å². The summed E-state index contributed by atoms with van der Waals surface area (Å²) in [6, 6.07) is 0. The highest BCUT2D eigenvalue weighted by molar-refractivity contribution is 5.76. The van der Waals surface area contributed by atoms with Gasteiger partial charge >= 0.3 is 11.9 Å². The molecule has 1 aliphatic rings. The van der Waals surface area contributed by atoms with Crippen LogP contribution >= 0.6 is 0 Å². The number of aliphatic hydroxyl groups is 3. The predicted molar refractivity (Wildman–Crippen MR) is 87.2 cm³/mol. The van der Waals surface area contributed by atoms with Gasteiger partial charge in [-0.2, -0.15) is 0 Å². The third kappa shape index (κ3) is 5.78. The largest absolute Gasteiger partial charge is 0.459 e. The van der Waals surface area contributed by atoms with E-state index in [4.69, 9.17) is 14.2 Å². The summed E-state index contributed by atoms with van der Waals surface area (Å²) >= 11 is 0. The van der Waals surface area contributed by atoms with E-state index >= 15 is 0 Å². The second-order valence-electron chi connectivity index (χ2n) is 6.03. The minimum absolute atomic E-state index is 0.108. The lowest BCUT2D eigenvalue weighted by Gasteiger charge is -2.38. The molecule has 3 N–H and O–H groups in total. The van der Waals surface area contributed by atoms with Gasteiger partial charge in [-0.3, -0.25) is 4.79 Å². The van der Waals surface area contributed by atoms with Crippen LogP contribution in [-0.2, 0) is 23.8 Å². The van der Waals surface area contributed by atoms with Crippen molar-refractivity contribution in [1.29, 1.82) is 0 Å². The Labute approximate surface area is 147 Å². The third-order valence-electron chi connectivity index (χ3n) is 3.99. The predicted octanol–water partition coefficient (Wildman–Crippen LogP) is 0.283. The lowest BCUT2D eigenvalue weighted by molar-refractivity contribution is -0.288. The smallest absolute Gasteiger partial charge is 0.338 e. The molecule has 1 fully saturated rings. The Kier molecular flexibility index (Phi) is 9.05. The van der Waals surface area contributed by atoms with E-state index in [1.165, 1.54) is 6.08 Å². The lowest BCUT2D eigenvalue weighted by Crippen LogP contribution is -2.61. The van der Waals surface area contributed by atoms with Gasteiger partial charge in [0.05, 0.1) is 5.92 Å². The van der Waals surface area contributed by atoms with Crippen molar-refractivity contribution in [2.45, 2.75) is 70.2 Å². The number of esters is 2. The van der Waals surface area contributed by atoms with Crippen LogP contribution in [0.1, 0.15) is 39.5 Å². The second-order valence-corrected chi connectivity index (χ2v) is 6.03. The van der Waals surface area contributed by atoms with E-state index in [-0.39, 0.29) is 12.5 Å². The molecule has 0 amide bonds. The number of rotatable bonds is 9. The van der Waals surface area contributed by atoms with Crippen molar-refractivity contribution in [3.05, 3.63) is 12.7 Å². The molecular formula is C17H28O8. The third-order valence-corrected chi connectivity index (χ3v) is 3.99. The molecule has 0 spiro atoms. The van der Waals surface area contributed by atoms with Gasteiger partial charge in [-0.1, -0.05) is 39.3 Å². The number of carbonyl (C=O) groups excluding carboxylic acids is 2. The van der Waals surface area contributed by atoms with Gasteiger partial charge in [0.15, 0.2) is 6.10 Å². The Hall–Kier alpha value is -1.48. The Bertz CT molecular complexity index is 446. The first-order valence-electron chi connectivity index (χ1n) is 8.54. The molecule has 8 nitrogen and oxygen atoms in total. The second kappa shape index (κ2) is 10.5. The van der Waals surface area contributed by atoms with Crippen molar-refractivity contribution in [2.24, 2.45) is 5.92 Å². The van der Waals surface area contributed by atoms with E-state index in [9.17, 15) is 24.9 Å². The molecule has 144 valence electrons. The SMILES string of the molecule is C=CCOC(=O)C1O[C@H](OC(=O)C(CCC)CCC)[C@H](O)C(O)[C@H]1O. The molecule has 1 aliphatic heterocycles. The van der Waals surface area contributed by atoms with E-state index in [1.807, 2.05) is 13.8 Å². The Morgan fingerprint density at radius 2 is 1.72 bits per heavy atom. The maximum Gasteiger partial charge on any atom is 0.338 e. The van der Waals surface area contributed by atoms with Crippen molar-refractivity contribution < 1.29 is 39.1 Å². The number of ether oxygens (including phenoxy) is 3. The average Bonchev–Trinajstić information content (AvgIpc) is 2.59. The molecule has 25 heavy (non-hydrogen) atoms. The molecule has 8 heteroatoms. The van der Waals surface area contributed by atoms with Gasteiger partial charge in [0.25, 0.3) is 0 Å². The Morgan fingerprint density at radius 1 is 1.12 bits per heavy atom. The molecule has 5 atom stereocenters. The summed E-state index contributed by atoms with van der Waals surface area (Å²) in [5.74, 6) is -1.88. The molecule has 1 saturated heterocycles. The molecular weight excluding hydrogens is 332 g/mol. The fraction of sp³-hybridized carbons (Fsp3) is 0.765. The minimum Gasteiger partial charge on any atom is -0.459 e. The molecule has 1 heterocycles. The first-order valence-corrected chi connectivity index (χ1v) is 8.54. The van der Waals surface area contributed by atoms with Gasteiger partial charge in [-0.15, -0.1) is 0 Å². The van der Waals surface area contributed by atoms with Crippen molar-refractivity contribution in [3.63, 3.8) is 0 Å². The van der Waals surface area contributed by atoms with Crippen LogP contribution in [0, 0.1) is 5.92 Å². The topological polar surface area (TPSA) is 123 Å². The summed E-state index contributed by atoms with van der Waals surface area (Å²) < 4.78 is 15.2. The first kappa shape index (κ1) is 21.6. The molecule has 0 aromatic rings. The monoisotopic (exact) mass is 360 g/mol. The summed E-state index contributed by atoms with van der Waals surface area (Å²) in [6.07, 6.45) is -4.11. The van der Waals surface area contributed by atoms with Crippen LogP contribution in [0.25, 0.3) is 0 Å². The van der Waals surface area contributed by atoms with Gasteiger partial charge < -0.3 is 29.5 Å². The fourth-order valence-electron chi connectivity index (χ4n) is 2.65. The Balaban J connectivity index is 2.81. The maximum absolute atomic E-state index is 12.3. The molecule has 0 aromatic heterocycles. The molecule has 1 rings (SSSR count). The highest BCUT2D eigenvalue weighted by Gasteiger charge is 2.49. The summed E-state index contributed by atoms with van der Waals surface area (Å²) in [4.78, 5) is 24.2. The van der Waals surface area contributed by atoms with E-state index in [2.05, 4.69) is 6.58 Å².